The van der Waals surface area contributed by atoms with E-state index in [1.807, 2.05) is 0 Å². The fraction of sp³-hybridized carbons (Fsp3) is 0.692. The Morgan fingerprint density at radius 2 is 1.94 bits per heavy atom. The highest BCUT2D eigenvalue weighted by Gasteiger charge is 2.54. The van der Waals surface area contributed by atoms with Gasteiger partial charge >= 0.3 is 11.9 Å². The lowest BCUT2D eigenvalue weighted by molar-refractivity contribution is -0.149. The van der Waals surface area contributed by atoms with E-state index in [0.717, 1.165) is 19.3 Å². The fourth-order valence-electron chi connectivity index (χ4n) is 2.44. The molecule has 3 atom stereocenters. The maximum Gasteiger partial charge on any atom is 0.334 e. The molecule has 0 aromatic carbocycles. The average Bonchev–Trinajstić information content (AvgIpc) is 2.75. The fourth-order valence-corrected chi connectivity index (χ4v) is 2.44. The van der Waals surface area contributed by atoms with Gasteiger partial charge in [-0.05, 0) is 12.8 Å². The monoisotopic (exact) mass is 238 g/mol. The number of ether oxygens (including phenoxy) is 2. The first kappa shape index (κ1) is 12.1. The molecule has 4 heteroatoms. The topological polar surface area (TPSA) is 52.6 Å². The zero-order valence-electron chi connectivity index (χ0n) is 10.1. The molecule has 2 aliphatic heterocycles. The number of unbranched alkanes of at least 4 members (excludes halogenated alkanes) is 3. The van der Waals surface area contributed by atoms with E-state index in [4.69, 9.17) is 9.47 Å². The Morgan fingerprint density at radius 1 is 1.18 bits per heavy atom. The highest BCUT2D eigenvalue weighted by molar-refractivity contribution is 5.99. The van der Waals surface area contributed by atoms with Gasteiger partial charge in [0.05, 0.1) is 0 Å². The largest absolute Gasteiger partial charge is 0.458 e. The summed E-state index contributed by atoms with van der Waals surface area (Å²) >= 11 is 0. The van der Waals surface area contributed by atoms with Crippen LogP contribution in [0.25, 0.3) is 0 Å². The molecule has 2 saturated heterocycles. The van der Waals surface area contributed by atoms with Gasteiger partial charge in [-0.15, -0.1) is 0 Å². The summed E-state index contributed by atoms with van der Waals surface area (Å²) in [5, 5.41) is 0. The summed E-state index contributed by atoms with van der Waals surface area (Å²) < 4.78 is 10.4. The van der Waals surface area contributed by atoms with Crippen molar-refractivity contribution in [1.82, 2.24) is 0 Å². The van der Waals surface area contributed by atoms with E-state index in [9.17, 15) is 9.59 Å². The maximum absolute atomic E-state index is 11.6. The second-order valence-electron chi connectivity index (χ2n) is 4.70. The Balaban J connectivity index is 1.91. The normalized spacial score (nSPS) is 31.4. The molecule has 0 radical (unpaired) electrons. The molecule has 4 nitrogen and oxygen atoms in total. The Morgan fingerprint density at radius 3 is 2.65 bits per heavy atom. The molecule has 0 unspecified atom stereocenters. The molecule has 0 aromatic rings. The standard InChI is InChI=1S/C13H18O4/c1-3-4-5-6-7-9-11-10(13(15)16-9)8(2)12(14)17-11/h9-11H,2-7H2,1H3/t9-,10+,11+/m0/s1. The van der Waals surface area contributed by atoms with Gasteiger partial charge in [0.1, 0.15) is 12.0 Å². The zero-order chi connectivity index (χ0) is 12.4. The molecule has 0 amide bonds. The molecule has 0 bridgehead atoms. The zero-order valence-corrected chi connectivity index (χ0v) is 10.1. The Kier molecular flexibility index (Phi) is 3.50. The molecule has 0 N–H and O–H groups in total. The summed E-state index contributed by atoms with van der Waals surface area (Å²) in [5.74, 6) is -1.36. The van der Waals surface area contributed by atoms with Crippen molar-refractivity contribution in [2.24, 2.45) is 5.92 Å². The molecular weight excluding hydrogens is 220 g/mol. The van der Waals surface area contributed by atoms with Crippen LogP contribution in [0.3, 0.4) is 0 Å². The first-order valence-electron chi connectivity index (χ1n) is 6.25. The lowest BCUT2D eigenvalue weighted by atomic mass is 9.95. The summed E-state index contributed by atoms with van der Waals surface area (Å²) in [5.41, 5.74) is 0.246. The van der Waals surface area contributed by atoms with E-state index in [1.54, 1.807) is 0 Å². The van der Waals surface area contributed by atoms with E-state index in [-0.39, 0.29) is 17.6 Å². The summed E-state index contributed by atoms with van der Waals surface area (Å²) in [4.78, 5) is 22.9. The van der Waals surface area contributed by atoms with Gasteiger partial charge in [0, 0.05) is 5.57 Å². The number of carbonyl (C=O) groups is 2. The maximum atomic E-state index is 11.6. The molecule has 0 aromatic heterocycles. The van der Waals surface area contributed by atoms with Crippen LogP contribution in [0.4, 0.5) is 0 Å². The first-order chi connectivity index (χ1) is 8.15. The number of cyclic esters (lactones) is 1. The van der Waals surface area contributed by atoms with Crippen LogP contribution in [-0.4, -0.2) is 24.1 Å². The van der Waals surface area contributed by atoms with Gasteiger partial charge in [-0.1, -0.05) is 32.8 Å². The van der Waals surface area contributed by atoms with E-state index in [2.05, 4.69) is 13.5 Å². The predicted molar refractivity (Wildman–Crippen MR) is 61.1 cm³/mol. The lowest BCUT2D eigenvalue weighted by Crippen LogP contribution is -2.25. The van der Waals surface area contributed by atoms with Crippen molar-refractivity contribution in [1.29, 1.82) is 0 Å². The molecule has 2 aliphatic rings. The van der Waals surface area contributed by atoms with Crippen molar-refractivity contribution in [3.05, 3.63) is 12.2 Å². The van der Waals surface area contributed by atoms with E-state index < -0.39 is 18.0 Å². The van der Waals surface area contributed by atoms with Crippen molar-refractivity contribution in [2.75, 3.05) is 0 Å². The predicted octanol–water partition coefficient (Wildman–Crippen LogP) is 1.98. The molecule has 0 spiro atoms. The Hall–Kier alpha value is -1.32. The van der Waals surface area contributed by atoms with Crippen molar-refractivity contribution >= 4 is 11.9 Å². The SMILES string of the molecule is C=C1C(=O)O[C@H]2[C@@H]1C(=O)O[C@H]2CCCCCC. The Labute approximate surface area is 101 Å². The van der Waals surface area contributed by atoms with Crippen molar-refractivity contribution < 1.29 is 19.1 Å². The number of rotatable bonds is 5. The minimum atomic E-state index is -0.557. The Bertz CT molecular complexity index is 347. The van der Waals surface area contributed by atoms with Gasteiger partial charge in [-0.25, -0.2) is 4.79 Å². The van der Waals surface area contributed by atoms with E-state index in [1.165, 1.54) is 12.8 Å². The van der Waals surface area contributed by atoms with Crippen LogP contribution in [0.1, 0.15) is 39.0 Å². The number of esters is 2. The molecule has 0 aliphatic carbocycles. The molecule has 94 valence electrons. The van der Waals surface area contributed by atoms with Gasteiger partial charge in [0.2, 0.25) is 0 Å². The highest BCUT2D eigenvalue weighted by Crippen LogP contribution is 2.38. The summed E-state index contributed by atoms with van der Waals surface area (Å²) in [6, 6.07) is 0. The quantitative estimate of drug-likeness (QED) is 0.417. The third-order valence-electron chi connectivity index (χ3n) is 3.44. The third-order valence-corrected chi connectivity index (χ3v) is 3.44. The summed E-state index contributed by atoms with van der Waals surface area (Å²) in [7, 11) is 0. The number of hydrogen-bond donors (Lipinski definition) is 0. The van der Waals surface area contributed by atoms with Crippen LogP contribution in [0.5, 0.6) is 0 Å². The van der Waals surface area contributed by atoms with Gasteiger partial charge in [-0.2, -0.15) is 0 Å². The number of hydrogen-bond acceptors (Lipinski definition) is 4. The van der Waals surface area contributed by atoms with Gasteiger partial charge in [0.25, 0.3) is 0 Å². The second-order valence-corrected chi connectivity index (χ2v) is 4.70. The lowest BCUT2D eigenvalue weighted by Gasteiger charge is -2.14. The molecule has 2 fully saturated rings. The number of carbonyl (C=O) groups excluding carboxylic acids is 2. The summed E-state index contributed by atoms with van der Waals surface area (Å²) in [6.07, 6.45) is 4.55. The minimum Gasteiger partial charge on any atom is -0.458 e. The van der Waals surface area contributed by atoms with Crippen molar-refractivity contribution in [3.63, 3.8) is 0 Å². The van der Waals surface area contributed by atoms with Crippen LogP contribution in [0.2, 0.25) is 0 Å². The van der Waals surface area contributed by atoms with Crippen molar-refractivity contribution in [3.8, 4) is 0 Å². The van der Waals surface area contributed by atoms with Crippen LogP contribution in [-0.2, 0) is 19.1 Å². The van der Waals surface area contributed by atoms with E-state index >= 15 is 0 Å². The van der Waals surface area contributed by atoms with Crippen LogP contribution >= 0.6 is 0 Å². The number of fused-ring (bicyclic) bond motifs is 1. The highest BCUT2D eigenvalue weighted by atomic mass is 16.6. The van der Waals surface area contributed by atoms with Crippen LogP contribution < -0.4 is 0 Å². The van der Waals surface area contributed by atoms with Crippen LogP contribution in [0.15, 0.2) is 12.2 Å². The van der Waals surface area contributed by atoms with Crippen molar-refractivity contribution in [2.45, 2.75) is 51.2 Å². The molecule has 2 rings (SSSR count). The summed E-state index contributed by atoms with van der Waals surface area (Å²) in [6.45, 7) is 5.74. The van der Waals surface area contributed by atoms with E-state index in [0.29, 0.717) is 0 Å². The van der Waals surface area contributed by atoms with Gasteiger partial charge < -0.3 is 9.47 Å². The molecular formula is C13H18O4. The first-order valence-corrected chi connectivity index (χ1v) is 6.25. The minimum absolute atomic E-state index is 0.246. The van der Waals surface area contributed by atoms with Crippen LogP contribution in [0, 0.1) is 5.92 Å². The second kappa shape index (κ2) is 4.90. The molecule has 2 heterocycles. The molecule has 0 saturated carbocycles. The molecule has 17 heavy (non-hydrogen) atoms. The van der Waals surface area contributed by atoms with Gasteiger partial charge in [-0.3, -0.25) is 4.79 Å². The van der Waals surface area contributed by atoms with Gasteiger partial charge in [0.15, 0.2) is 6.10 Å². The smallest absolute Gasteiger partial charge is 0.334 e. The average molecular weight is 238 g/mol. The third kappa shape index (κ3) is 2.21.